The van der Waals surface area contributed by atoms with Gasteiger partial charge in [-0.1, -0.05) is 18.2 Å². The fourth-order valence-electron chi connectivity index (χ4n) is 2.06. The van der Waals surface area contributed by atoms with E-state index in [0.717, 1.165) is 9.86 Å². The fraction of sp³-hybridized carbons (Fsp3) is 0. The highest BCUT2D eigenvalue weighted by Gasteiger charge is 2.07. The smallest absolute Gasteiger partial charge is 0.132 e. The van der Waals surface area contributed by atoms with E-state index in [2.05, 4.69) is 32.3 Å². The Morgan fingerprint density at radius 1 is 1.14 bits per heavy atom. The van der Waals surface area contributed by atoms with Crippen LogP contribution in [-0.4, -0.2) is 4.98 Å². The second kappa shape index (κ2) is 5.51. The van der Waals surface area contributed by atoms with Crippen LogP contribution in [0.3, 0.4) is 0 Å². The summed E-state index contributed by atoms with van der Waals surface area (Å²) in [7, 11) is 0. The Morgan fingerprint density at radius 3 is 2.76 bits per heavy atom. The first-order valence-electron chi connectivity index (χ1n) is 6.19. The van der Waals surface area contributed by atoms with Crippen molar-refractivity contribution in [1.29, 1.82) is 5.26 Å². The Balaban J connectivity index is 2.09. The van der Waals surface area contributed by atoms with Crippen molar-refractivity contribution in [1.82, 2.24) is 4.98 Å². The molecule has 0 saturated heterocycles. The van der Waals surface area contributed by atoms with Gasteiger partial charge in [0.05, 0.1) is 22.8 Å². The fourth-order valence-corrected chi connectivity index (χ4v) is 2.41. The monoisotopic (exact) mass is 341 g/mol. The van der Waals surface area contributed by atoms with Crippen molar-refractivity contribution in [3.63, 3.8) is 0 Å². The first-order valence-corrected chi connectivity index (χ1v) is 6.98. The Kier molecular flexibility index (Phi) is 3.55. The molecule has 1 aromatic heterocycles. The third-order valence-electron chi connectivity index (χ3n) is 3.03. The highest BCUT2D eigenvalue weighted by molar-refractivity contribution is 9.10. The lowest BCUT2D eigenvalue weighted by Gasteiger charge is -2.09. The van der Waals surface area contributed by atoms with Crippen LogP contribution < -0.4 is 5.32 Å². The number of halogens is 2. The minimum atomic E-state index is -0.345. The van der Waals surface area contributed by atoms with Gasteiger partial charge in [-0.2, -0.15) is 5.26 Å². The van der Waals surface area contributed by atoms with Gasteiger partial charge in [-0.15, -0.1) is 0 Å². The van der Waals surface area contributed by atoms with Gasteiger partial charge in [0.1, 0.15) is 11.6 Å². The summed E-state index contributed by atoms with van der Waals surface area (Å²) in [5, 5.41) is 13.1. The van der Waals surface area contributed by atoms with Gasteiger partial charge < -0.3 is 5.32 Å². The van der Waals surface area contributed by atoms with Crippen LogP contribution in [0.1, 0.15) is 5.56 Å². The van der Waals surface area contributed by atoms with Crippen LogP contribution in [0, 0.1) is 17.1 Å². The first-order chi connectivity index (χ1) is 10.2. The van der Waals surface area contributed by atoms with Crippen LogP contribution in [0.5, 0.6) is 0 Å². The molecule has 21 heavy (non-hydrogen) atoms. The van der Waals surface area contributed by atoms with E-state index in [-0.39, 0.29) is 5.82 Å². The van der Waals surface area contributed by atoms with Crippen molar-refractivity contribution in [2.75, 3.05) is 5.32 Å². The lowest BCUT2D eigenvalue weighted by atomic mass is 10.1. The molecule has 0 spiro atoms. The maximum atomic E-state index is 13.3. The van der Waals surface area contributed by atoms with Crippen LogP contribution >= 0.6 is 15.9 Å². The summed E-state index contributed by atoms with van der Waals surface area (Å²) in [6.07, 6.45) is 0. The summed E-state index contributed by atoms with van der Waals surface area (Å²) in [4.78, 5) is 4.44. The van der Waals surface area contributed by atoms with Gasteiger partial charge in [-0.25, -0.2) is 9.37 Å². The van der Waals surface area contributed by atoms with Gasteiger partial charge in [0.25, 0.3) is 0 Å². The molecule has 0 saturated carbocycles. The number of hydrogen-bond donors (Lipinski definition) is 1. The number of benzene rings is 2. The largest absolute Gasteiger partial charge is 0.339 e. The summed E-state index contributed by atoms with van der Waals surface area (Å²) in [5.74, 6) is 0.151. The highest BCUT2D eigenvalue weighted by atomic mass is 79.9. The first kappa shape index (κ1) is 13.5. The van der Waals surface area contributed by atoms with E-state index in [0.29, 0.717) is 22.6 Å². The van der Waals surface area contributed by atoms with E-state index in [1.54, 1.807) is 12.1 Å². The maximum absolute atomic E-state index is 13.3. The van der Waals surface area contributed by atoms with E-state index in [9.17, 15) is 9.65 Å². The number of anilines is 2. The van der Waals surface area contributed by atoms with E-state index in [1.807, 2.05) is 24.3 Å². The van der Waals surface area contributed by atoms with Crippen LogP contribution in [0.15, 0.2) is 53.0 Å². The quantitative estimate of drug-likeness (QED) is 0.731. The second-order valence-electron chi connectivity index (χ2n) is 4.43. The molecule has 0 unspecified atom stereocenters. The van der Waals surface area contributed by atoms with E-state index >= 15 is 0 Å². The normalized spacial score (nSPS) is 10.3. The molecule has 3 aromatic rings. The molecule has 2 aromatic carbocycles. The number of hydrogen-bond acceptors (Lipinski definition) is 3. The van der Waals surface area contributed by atoms with E-state index < -0.39 is 0 Å². The van der Waals surface area contributed by atoms with Gasteiger partial charge in [-0.3, -0.25) is 0 Å². The molecule has 1 heterocycles. The molecule has 102 valence electrons. The summed E-state index contributed by atoms with van der Waals surface area (Å²) >= 11 is 3.35. The molecule has 0 amide bonds. The van der Waals surface area contributed by atoms with Crippen molar-refractivity contribution >= 4 is 38.3 Å². The second-order valence-corrected chi connectivity index (χ2v) is 5.29. The van der Waals surface area contributed by atoms with Crippen LogP contribution in [0.2, 0.25) is 0 Å². The molecular weight excluding hydrogens is 333 g/mol. The number of pyridine rings is 1. The Labute approximate surface area is 129 Å². The number of rotatable bonds is 2. The van der Waals surface area contributed by atoms with E-state index in [1.165, 1.54) is 12.1 Å². The molecule has 0 bridgehead atoms. The zero-order valence-electron chi connectivity index (χ0n) is 10.8. The minimum absolute atomic E-state index is 0.345. The van der Waals surface area contributed by atoms with Crippen molar-refractivity contribution in [3.8, 4) is 6.07 Å². The molecule has 3 rings (SSSR count). The number of nitrogens with zero attached hydrogens (tertiary/aromatic N) is 2. The Morgan fingerprint density at radius 2 is 1.95 bits per heavy atom. The zero-order valence-corrected chi connectivity index (χ0v) is 12.4. The topological polar surface area (TPSA) is 48.7 Å². The Hall–Kier alpha value is -2.45. The molecule has 0 aliphatic heterocycles. The number of para-hydroxylation sites is 1. The minimum Gasteiger partial charge on any atom is -0.339 e. The molecule has 0 aliphatic carbocycles. The summed E-state index contributed by atoms with van der Waals surface area (Å²) in [5.41, 5.74) is 1.80. The average molecular weight is 342 g/mol. The summed E-state index contributed by atoms with van der Waals surface area (Å²) < 4.78 is 14.0. The lowest BCUT2D eigenvalue weighted by Crippen LogP contribution is -1.97. The molecule has 5 heteroatoms. The van der Waals surface area contributed by atoms with Gasteiger partial charge in [-0.05, 0) is 46.3 Å². The molecular formula is C16H9BrFN3. The van der Waals surface area contributed by atoms with Gasteiger partial charge in [0.2, 0.25) is 0 Å². The van der Waals surface area contributed by atoms with Crippen molar-refractivity contribution in [2.24, 2.45) is 0 Å². The highest BCUT2D eigenvalue weighted by Crippen LogP contribution is 2.28. The van der Waals surface area contributed by atoms with Crippen LogP contribution in [-0.2, 0) is 0 Å². The number of fused-ring (bicyclic) bond motifs is 1. The molecule has 0 aliphatic rings. The standard InChI is InChI=1S/C16H9BrFN3/c17-13-6-5-11(18)8-15(13)21-16-7-10(9-19)12-3-1-2-4-14(12)20-16/h1-8H,(H,20,21). The predicted molar refractivity (Wildman–Crippen MR) is 83.8 cm³/mol. The van der Waals surface area contributed by atoms with E-state index in [4.69, 9.17) is 0 Å². The van der Waals surface area contributed by atoms with Crippen LogP contribution in [0.4, 0.5) is 15.9 Å². The molecule has 0 fully saturated rings. The van der Waals surface area contributed by atoms with Crippen LogP contribution in [0.25, 0.3) is 10.9 Å². The van der Waals surface area contributed by atoms with Crippen molar-refractivity contribution < 1.29 is 4.39 Å². The maximum Gasteiger partial charge on any atom is 0.132 e. The molecule has 0 radical (unpaired) electrons. The van der Waals surface area contributed by atoms with Gasteiger partial charge in [0, 0.05) is 9.86 Å². The zero-order chi connectivity index (χ0) is 14.8. The molecule has 3 nitrogen and oxygen atoms in total. The predicted octanol–water partition coefficient (Wildman–Crippen LogP) is 4.75. The van der Waals surface area contributed by atoms with Crippen molar-refractivity contribution in [2.45, 2.75) is 0 Å². The average Bonchev–Trinajstić information content (AvgIpc) is 2.50. The third-order valence-corrected chi connectivity index (χ3v) is 3.72. The SMILES string of the molecule is N#Cc1cc(Nc2cc(F)ccc2Br)nc2ccccc12. The number of nitrogens with one attached hydrogen (secondary N) is 1. The molecule has 1 N–H and O–H groups in total. The number of aromatic nitrogens is 1. The van der Waals surface area contributed by atoms with Gasteiger partial charge >= 0.3 is 0 Å². The third kappa shape index (κ3) is 2.71. The Bertz CT molecular complexity index is 871. The molecule has 0 atom stereocenters. The summed E-state index contributed by atoms with van der Waals surface area (Å²) in [6.45, 7) is 0. The van der Waals surface area contributed by atoms with Crippen molar-refractivity contribution in [3.05, 3.63) is 64.4 Å². The summed E-state index contributed by atoms with van der Waals surface area (Å²) in [6, 6.07) is 15.6. The van der Waals surface area contributed by atoms with Gasteiger partial charge in [0.15, 0.2) is 0 Å². The lowest BCUT2D eigenvalue weighted by molar-refractivity contribution is 0.628. The number of nitriles is 1.